The van der Waals surface area contributed by atoms with Crippen molar-refractivity contribution in [3.63, 3.8) is 0 Å². The van der Waals surface area contributed by atoms with Gasteiger partial charge in [0.15, 0.2) is 0 Å². The van der Waals surface area contributed by atoms with E-state index < -0.39 is 23.5 Å². The summed E-state index contributed by atoms with van der Waals surface area (Å²) >= 11 is 0. The average molecular weight is 240 g/mol. The highest BCUT2D eigenvalue weighted by atomic mass is 19.1. The number of carbonyl (C=O) groups is 1. The van der Waals surface area contributed by atoms with E-state index in [-0.39, 0.29) is 6.42 Å². The van der Waals surface area contributed by atoms with E-state index in [4.69, 9.17) is 4.74 Å². The molecule has 0 bridgehead atoms. The second-order valence-corrected chi connectivity index (χ2v) is 4.86. The molecule has 0 aliphatic rings. The van der Waals surface area contributed by atoms with E-state index in [9.17, 15) is 14.3 Å². The smallest absolute Gasteiger partial charge is 0.309 e. The Balaban J connectivity index is 2.61. The van der Waals surface area contributed by atoms with Crippen LogP contribution >= 0.6 is 0 Å². The maximum atomic E-state index is 12.9. The van der Waals surface area contributed by atoms with Crippen molar-refractivity contribution in [1.29, 1.82) is 0 Å². The van der Waals surface area contributed by atoms with Crippen LogP contribution in [0.5, 0.6) is 0 Å². The van der Waals surface area contributed by atoms with Crippen molar-refractivity contribution in [2.75, 3.05) is 0 Å². The molecule has 0 radical (unpaired) electrons. The van der Waals surface area contributed by atoms with Crippen LogP contribution in [0.15, 0.2) is 24.3 Å². The Morgan fingerprint density at radius 1 is 1.47 bits per heavy atom. The molecule has 0 aliphatic heterocycles. The van der Waals surface area contributed by atoms with Gasteiger partial charge in [-0.2, -0.15) is 0 Å². The Hall–Kier alpha value is -1.42. The summed E-state index contributed by atoms with van der Waals surface area (Å²) in [6.45, 7) is 5.25. The minimum atomic E-state index is -1.04. The molecule has 0 spiro atoms. The molecule has 1 unspecified atom stereocenters. The van der Waals surface area contributed by atoms with Gasteiger partial charge >= 0.3 is 5.97 Å². The predicted octanol–water partition coefficient (Wildman–Crippen LogP) is 2.59. The highest BCUT2D eigenvalue weighted by Gasteiger charge is 2.20. The quantitative estimate of drug-likeness (QED) is 0.826. The topological polar surface area (TPSA) is 46.5 Å². The molecule has 1 rings (SSSR count). The number of esters is 1. The predicted molar refractivity (Wildman–Crippen MR) is 61.8 cm³/mol. The van der Waals surface area contributed by atoms with Crippen LogP contribution in [0.25, 0.3) is 0 Å². The summed E-state index contributed by atoms with van der Waals surface area (Å²) in [4.78, 5) is 11.5. The summed E-state index contributed by atoms with van der Waals surface area (Å²) in [5.41, 5.74) is -0.213. The maximum absolute atomic E-state index is 12.9. The van der Waals surface area contributed by atoms with E-state index in [1.807, 2.05) is 0 Å². The molecule has 1 aromatic carbocycles. The van der Waals surface area contributed by atoms with Crippen LogP contribution in [-0.2, 0) is 9.53 Å². The average Bonchev–Trinajstić information content (AvgIpc) is 2.14. The van der Waals surface area contributed by atoms with Crippen molar-refractivity contribution in [2.45, 2.75) is 38.9 Å². The minimum Gasteiger partial charge on any atom is -0.460 e. The van der Waals surface area contributed by atoms with Gasteiger partial charge in [-0.05, 0) is 38.5 Å². The molecular weight excluding hydrogens is 223 g/mol. The first-order chi connectivity index (χ1) is 7.78. The molecule has 0 aliphatic carbocycles. The first-order valence-corrected chi connectivity index (χ1v) is 5.43. The van der Waals surface area contributed by atoms with Gasteiger partial charge in [-0.25, -0.2) is 4.39 Å². The number of aliphatic hydroxyl groups excluding tert-OH is 1. The van der Waals surface area contributed by atoms with E-state index >= 15 is 0 Å². The summed E-state index contributed by atoms with van der Waals surface area (Å²) in [6, 6.07) is 5.54. The lowest BCUT2D eigenvalue weighted by atomic mass is 10.1. The lowest BCUT2D eigenvalue weighted by Gasteiger charge is -2.20. The van der Waals surface area contributed by atoms with Crippen LogP contribution < -0.4 is 0 Å². The number of hydrogen-bond acceptors (Lipinski definition) is 3. The number of halogens is 1. The summed E-state index contributed by atoms with van der Waals surface area (Å²) < 4.78 is 18.0. The summed E-state index contributed by atoms with van der Waals surface area (Å²) in [5, 5.41) is 9.74. The largest absolute Gasteiger partial charge is 0.460 e. The summed E-state index contributed by atoms with van der Waals surface area (Å²) in [7, 11) is 0. The number of aliphatic hydroxyl groups is 1. The molecule has 0 amide bonds. The molecule has 0 heterocycles. The van der Waals surface area contributed by atoms with Gasteiger partial charge in [-0.15, -0.1) is 0 Å². The molecule has 1 N–H and O–H groups in total. The van der Waals surface area contributed by atoms with Crippen LogP contribution in [0.3, 0.4) is 0 Å². The molecule has 0 aromatic heterocycles. The van der Waals surface area contributed by atoms with E-state index in [0.717, 1.165) is 0 Å². The SMILES string of the molecule is CC(C)(C)OC(=O)CC(O)c1cccc(F)c1. The normalized spacial score (nSPS) is 13.2. The highest BCUT2D eigenvalue weighted by molar-refractivity contribution is 5.70. The number of benzene rings is 1. The van der Waals surface area contributed by atoms with E-state index in [0.29, 0.717) is 5.56 Å². The van der Waals surface area contributed by atoms with Crippen molar-refractivity contribution in [3.05, 3.63) is 35.6 Å². The lowest BCUT2D eigenvalue weighted by molar-refractivity contribution is -0.157. The maximum Gasteiger partial charge on any atom is 0.309 e. The van der Waals surface area contributed by atoms with Crippen LogP contribution in [-0.4, -0.2) is 16.7 Å². The molecule has 0 saturated heterocycles. The Kier molecular flexibility index (Phi) is 4.23. The summed E-state index contributed by atoms with van der Waals surface area (Å²) in [5.74, 6) is -0.944. The van der Waals surface area contributed by atoms with Gasteiger partial charge in [0.1, 0.15) is 11.4 Å². The van der Waals surface area contributed by atoms with Crippen molar-refractivity contribution in [2.24, 2.45) is 0 Å². The van der Waals surface area contributed by atoms with Crippen molar-refractivity contribution < 1.29 is 19.0 Å². The molecular formula is C13H17FO3. The molecule has 94 valence electrons. The molecule has 1 atom stereocenters. The molecule has 1 aromatic rings. The van der Waals surface area contributed by atoms with Crippen LogP contribution in [0, 0.1) is 5.82 Å². The standard InChI is InChI=1S/C13H17FO3/c1-13(2,3)17-12(16)8-11(15)9-5-4-6-10(14)7-9/h4-7,11,15H,8H2,1-3H3. The number of carbonyl (C=O) groups excluding carboxylic acids is 1. The lowest BCUT2D eigenvalue weighted by Crippen LogP contribution is -2.24. The zero-order valence-corrected chi connectivity index (χ0v) is 10.2. The van der Waals surface area contributed by atoms with E-state index in [1.165, 1.54) is 18.2 Å². The number of hydrogen-bond donors (Lipinski definition) is 1. The first-order valence-electron chi connectivity index (χ1n) is 5.43. The minimum absolute atomic E-state index is 0.180. The third-order valence-electron chi connectivity index (χ3n) is 2.01. The molecule has 0 fully saturated rings. The fraction of sp³-hybridized carbons (Fsp3) is 0.462. The Morgan fingerprint density at radius 2 is 2.12 bits per heavy atom. The zero-order valence-electron chi connectivity index (χ0n) is 10.2. The second kappa shape index (κ2) is 5.27. The zero-order chi connectivity index (χ0) is 13.1. The second-order valence-electron chi connectivity index (χ2n) is 4.86. The van der Waals surface area contributed by atoms with Gasteiger partial charge in [0.2, 0.25) is 0 Å². The van der Waals surface area contributed by atoms with Crippen molar-refractivity contribution in [3.8, 4) is 0 Å². The van der Waals surface area contributed by atoms with Gasteiger partial charge < -0.3 is 9.84 Å². The van der Waals surface area contributed by atoms with Gasteiger partial charge in [-0.1, -0.05) is 12.1 Å². The Bertz CT molecular complexity index is 396. The summed E-state index contributed by atoms with van der Waals surface area (Å²) in [6.07, 6.45) is -1.22. The van der Waals surface area contributed by atoms with Gasteiger partial charge in [0.25, 0.3) is 0 Å². The number of ether oxygens (including phenoxy) is 1. The van der Waals surface area contributed by atoms with Gasteiger partial charge in [-0.3, -0.25) is 4.79 Å². The fourth-order valence-electron chi connectivity index (χ4n) is 1.37. The Morgan fingerprint density at radius 3 is 2.65 bits per heavy atom. The molecule has 0 saturated carbocycles. The Labute approximate surface area is 100 Å². The van der Waals surface area contributed by atoms with E-state index in [1.54, 1.807) is 26.8 Å². The van der Waals surface area contributed by atoms with Crippen molar-refractivity contribution >= 4 is 5.97 Å². The highest BCUT2D eigenvalue weighted by Crippen LogP contribution is 2.19. The van der Waals surface area contributed by atoms with Gasteiger partial charge in [0, 0.05) is 0 Å². The number of rotatable bonds is 3. The molecule has 4 heteroatoms. The van der Waals surface area contributed by atoms with Gasteiger partial charge in [0.05, 0.1) is 12.5 Å². The third-order valence-corrected chi connectivity index (χ3v) is 2.01. The third kappa shape index (κ3) is 4.95. The first kappa shape index (κ1) is 13.6. The monoisotopic (exact) mass is 240 g/mol. The van der Waals surface area contributed by atoms with Crippen LogP contribution in [0.1, 0.15) is 38.9 Å². The molecule has 3 nitrogen and oxygen atoms in total. The van der Waals surface area contributed by atoms with E-state index in [2.05, 4.69) is 0 Å². The molecule has 17 heavy (non-hydrogen) atoms. The van der Waals surface area contributed by atoms with Crippen LogP contribution in [0.4, 0.5) is 4.39 Å². The van der Waals surface area contributed by atoms with Crippen LogP contribution in [0.2, 0.25) is 0 Å². The van der Waals surface area contributed by atoms with Crippen molar-refractivity contribution in [1.82, 2.24) is 0 Å². The fourth-order valence-corrected chi connectivity index (χ4v) is 1.37.